The number of carbonyl (C=O) groups excluding carboxylic acids is 1. The van der Waals surface area contributed by atoms with Gasteiger partial charge in [-0.25, -0.2) is 0 Å². The highest BCUT2D eigenvalue weighted by atomic mass is 16.6. The second-order valence-corrected chi connectivity index (χ2v) is 8.23. The summed E-state index contributed by atoms with van der Waals surface area (Å²) in [5.41, 5.74) is 3.99. The lowest BCUT2D eigenvalue weighted by atomic mass is 9.79. The van der Waals surface area contributed by atoms with Crippen molar-refractivity contribution >= 4 is 5.97 Å². The second-order valence-electron chi connectivity index (χ2n) is 8.23. The first-order chi connectivity index (χ1) is 14.2. The Kier molecular flexibility index (Phi) is 4.63. The lowest BCUT2D eigenvalue weighted by molar-refractivity contribution is -0.178. The molecule has 1 aliphatic carbocycles. The molecule has 2 bridgehead atoms. The van der Waals surface area contributed by atoms with Crippen molar-refractivity contribution in [2.24, 2.45) is 5.92 Å². The van der Waals surface area contributed by atoms with E-state index in [0.29, 0.717) is 5.92 Å². The molecule has 0 amide bonds. The van der Waals surface area contributed by atoms with Crippen LogP contribution in [0.15, 0.2) is 78.4 Å². The van der Waals surface area contributed by atoms with Gasteiger partial charge in [0.1, 0.15) is 0 Å². The Morgan fingerprint density at radius 3 is 2.66 bits per heavy atom. The van der Waals surface area contributed by atoms with Gasteiger partial charge in [0, 0.05) is 12.8 Å². The van der Waals surface area contributed by atoms with Gasteiger partial charge in [-0.05, 0) is 48.4 Å². The fraction of sp³-hybridized carbons (Fsp3) is 0.346. The molecule has 3 nitrogen and oxygen atoms in total. The Morgan fingerprint density at radius 2 is 1.83 bits per heavy atom. The van der Waals surface area contributed by atoms with E-state index in [2.05, 4.69) is 42.5 Å². The minimum Gasteiger partial charge on any atom is -0.454 e. The third-order valence-corrected chi connectivity index (χ3v) is 6.44. The maximum Gasteiger partial charge on any atom is 0.303 e. The smallest absolute Gasteiger partial charge is 0.303 e. The topological polar surface area (TPSA) is 35.5 Å². The van der Waals surface area contributed by atoms with Gasteiger partial charge in [-0.2, -0.15) is 0 Å². The molecule has 5 rings (SSSR count). The van der Waals surface area contributed by atoms with Gasteiger partial charge in [0.05, 0.1) is 6.10 Å². The molecule has 2 aliphatic heterocycles. The number of hydrogen-bond donors (Lipinski definition) is 0. The van der Waals surface area contributed by atoms with Crippen molar-refractivity contribution < 1.29 is 14.3 Å². The van der Waals surface area contributed by atoms with Crippen molar-refractivity contribution in [2.75, 3.05) is 0 Å². The molecule has 2 aromatic rings. The molecule has 0 aromatic heterocycles. The first kappa shape index (κ1) is 18.4. The summed E-state index contributed by atoms with van der Waals surface area (Å²) in [7, 11) is 0. The van der Waals surface area contributed by atoms with E-state index in [1.807, 2.05) is 30.3 Å². The van der Waals surface area contributed by atoms with Crippen LogP contribution < -0.4 is 0 Å². The first-order valence-corrected chi connectivity index (χ1v) is 10.5. The van der Waals surface area contributed by atoms with Crippen molar-refractivity contribution in [1.29, 1.82) is 0 Å². The average Bonchev–Trinajstić information content (AvgIpc) is 2.99. The Bertz CT molecular complexity index is 974. The number of benzene rings is 2. The average molecular weight is 386 g/mol. The quantitative estimate of drug-likeness (QED) is 0.483. The van der Waals surface area contributed by atoms with E-state index in [-0.39, 0.29) is 12.1 Å². The lowest BCUT2D eigenvalue weighted by Crippen LogP contribution is -2.38. The van der Waals surface area contributed by atoms with Crippen LogP contribution in [0.3, 0.4) is 0 Å². The van der Waals surface area contributed by atoms with E-state index in [9.17, 15) is 4.79 Å². The van der Waals surface area contributed by atoms with Crippen molar-refractivity contribution in [2.45, 2.75) is 50.4 Å². The predicted octanol–water partition coefficient (Wildman–Crippen LogP) is 5.94. The summed E-state index contributed by atoms with van der Waals surface area (Å²) in [4.78, 5) is 12.1. The summed E-state index contributed by atoms with van der Waals surface area (Å²) in [6, 6.07) is 18.5. The van der Waals surface area contributed by atoms with Crippen LogP contribution in [0, 0.1) is 5.92 Å². The Hall–Kier alpha value is -2.65. The molecule has 2 unspecified atom stereocenters. The van der Waals surface area contributed by atoms with Crippen LogP contribution in [0.25, 0.3) is 0 Å². The molecule has 4 atom stereocenters. The highest BCUT2D eigenvalue weighted by Crippen LogP contribution is 2.60. The molecule has 0 saturated carbocycles. The third kappa shape index (κ3) is 3.05. The van der Waals surface area contributed by atoms with Gasteiger partial charge in [-0.3, -0.25) is 4.79 Å². The van der Waals surface area contributed by atoms with Crippen LogP contribution in [-0.2, 0) is 19.9 Å². The zero-order valence-electron chi connectivity index (χ0n) is 16.7. The molecule has 2 aromatic carbocycles. The maximum atomic E-state index is 12.1. The number of carbonyl (C=O) groups is 1. The number of ether oxygens (including phenoxy) is 2. The molecule has 29 heavy (non-hydrogen) atoms. The molecule has 0 spiro atoms. The molecule has 2 heterocycles. The second kappa shape index (κ2) is 7.31. The standard InChI is InChI=1S/C26H26O3/c1-18(27)28-25(19-11-6-4-7-12-19)26-17-20-13-5-2-3-8-14-21(20)24(29-26)22-15-9-10-16-23(22)26/h2-4,6-7,9-12,15-17,21,24-25H,5,8,13-14H2,1H3/b3-2-/t21?,24-,25?,26+/m0/s1. The number of esters is 1. The van der Waals surface area contributed by atoms with Crippen LogP contribution in [0.5, 0.6) is 0 Å². The molecule has 3 aliphatic rings. The molecule has 0 saturated heterocycles. The summed E-state index contributed by atoms with van der Waals surface area (Å²) in [6.07, 6.45) is 10.6. The minimum atomic E-state index is -0.775. The normalized spacial score (nSPS) is 29.5. The zero-order chi connectivity index (χ0) is 19.8. The lowest BCUT2D eigenvalue weighted by Gasteiger charge is -2.41. The first-order valence-electron chi connectivity index (χ1n) is 10.5. The van der Waals surface area contributed by atoms with Crippen molar-refractivity contribution in [3.05, 3.63) is 95.1 Å². The van der Waals surface area contributed by atoms with E-state index < -0.39 is 11.7 Å². The Balaban J connectivity index is 1.71. The van der Waals surface area contributed by atoms with Gasteiger partial charge in [0.2, 0.25) is 0 Å². The molecule has 0 N–H and O–H groups in total. The largest absolute Gasteiger partial charge is 0.454 e. The van der Waals surface area contributed by atoms with Crippen molar-refractivity contribution in [1.82, 2.24) is 0 Å². The van der Waals surface area contributed by atoms with Gasteiger partial charge < -0.3 is 9.47 Å². The number of fused-ring (bicyclic) bond motifs is 7. The zero-order valence-corrected chi connectivity index (χ0v) is 16.7. The van der Waals surface area contributed by atoms with Crippen molar-refractivity contribution in [3.8, 4) is 0 Å². The van der Waals surface area contributed by atoms with Crippen LogP contribution >= 0.6 is 0 Å². The number of rotatable bonds is 3. The number of hydrogen-bond acceptors (Lipinski definition) is 3. The van der Waals surface area contributed by atoms with Gasteiger partial charge >= 0.3 is 5.97 Å². The van der Waals surface area contributed by atoms with Gasteiger partial charge in [-0.1, -0.05) is 72.3 Å². The van der Waals surface area contributed by atoms with E-state index >= 15 is 0 Å². The summed E-state index contributed by atoms with van der Waals surface area (Å²) in [5.74, 6) is 0.0874. The maximum absolute atomic E-state index is 12.1. The molecular formula is C26H26O3. The highest BCUT2D eigenvalue weighted by Gasteiger charge is 2.56. The third-order valence-electron chi connectivity index (χ3n) is 6.44. The number of allylic oxidation sites excluding steroid dienone is 2. The molecule has 3 heteroatoms. The van der Waals surface area contributed by atoms with E-state index in [0.717, 1.165) is 36.8 Å². The van der Waals surface area contributed by atoms with Crippen LogP contribution in [0.1, 0.15) is 61.5 Å². The Labute approximate surface area is 172 Å². The predicted molar refractivity (Wildman–Crippen MR) is 112 cm³/mol. The summed E-state index contributed by atoms with van der Waals surface area (Å²) >= 11 is 0. The van der Waals surface area contributed by atoms with Gasteiger partial charge in [0.15, 0.2) is 11.7 Å². The Morgan fingerprint density at radius 1 is 1.07 bits per heavy atom. The van der Waals surface area contributed by atoms with Gasteiger partial charge in [-0.15, -0.1) is 0 Å². The summed E-state index contributed by atoms with van der Waals surface area (Å²) in [6.45, 7) is 1.48. The fourth-order valence-electron chi connectivity index (χ4n) is 5.26. The SMILES string of the molecule is CC(=O)OC(c1ccccc1)[C@]12C=C3CC/C=C\CCC3[C@H](O1)c1ccccc12. The fourth-order valence-corrected chi connectivity index (χ4v) is 5.26. The molecule has 0 fully saturated rings. The van der Waals surface area contributed by atoms with Gasteiger partial charge in [0.25, 0.3) is 0 Å². The van der Waals surface area contributed by atoms with Crippen LogP contribution in [-0.4, -0.2) is 5.97 Å². The monoisotopic (exact) mass is 386 g/mol. The van der Waals surface area contributed by atoms with E-state index in [1.165, 1.54) is 18.1 Å². The minimum absolute atomic E-state index is 0.0134. The summed E-state index contributed by atoms with van der Waals surface area (Å²) in [5, 5.41) is 0. The van der Waals surface area contributed by atoms with Crippen LogP contribution in [0.4, 0.5) is 0 Å². The van der Waals surface area contributed by atoms with E-state index in [1.54, 1.807) is 0 Å². The summed E-state index contributed by atoms with van der Waals surface area (Å²) < 4.78 is 12.8. The highest BCUT2D eigenvalue weighted by molar-refractivity contribution is 5.67. The van der Waals surface area contributed by atoms with Crippen molar-refractivity contribution in [3.63, 3.8) is 0 Å². The van der Waals surface area contributed by atoms with Crippen LogP contribution in [0.2, 0.25) is 0 Å². The molecular weight excluding hydrogens is 360 g/mol. The van der Waals surface area contributed by atoms with E-state index in [4.69, 9.17) is 9.47 Å². The molecule has 148 valence electrons. The molecule has 0 radical (unpaired) electrons.